The summed E-state index contributed by atoms with van der Waals surface area (Å²) in [5.41, 5.74) is 2.21. The lowest BCUT2D eigenvalue weighted by molar-refractivity contribution is 0.595. The summed E-state index contributed by atoms with van der Waals surface area (Å²) in [6.07, 6.45) is 2.55. The van der Waals surface area contributed by atoms with Crippen LogP contribution in [0.15, 0.2) is 12.3 Å². The van der Waals surface area contributed by atoms with Crippen molar-refractivity contribution in [3.05, 3.63) is 12.3 Å². The Morgan fingerprint density at radius 1 is 1.31 bits per heavy atom. The quantitative estimate of drug-likeness (QED) is 0.619. The normalized spacial score (nSPS) is 14.2. The highest BCUT2D eigenvalue weighted by Gasteiger charge is 2.26. The van der Waals surface area contributed by atoms with Crippen molar-refractivity contribution in [2.75, 3.05) is 0 Å². The average Bonchev–Trinajstić information content (AvgIpc) is 2.15. The van der Waals surface area contributed by atoms with Crippen molar-refractivity contribution in [1.29, 1.82) is 0 Å². The maximum Gasteiger partial charge on any atom is 0.149 e. The van der Waals surface area contributed by atoms with E-state index in [2.05, 4.69) is 45.0 Å². The summed E-state index contributed by atoms with van der Waals surface area (Å²) >= 11 is 0. The lowest BCUT2D eigenvalue weighted by atomic mass is 10.2. The third-order valence-corrected chi connectivity index (χ3v) is 7.28. The second-order valence-corrected chi connectivity index (χ2v) is 8.32. The van der Waals surface area contributed by atoms with Gasteiger partial charge >= 0.3 is 0 Å². The van der Waals surface area contributed by atoms with Crippen LogP contribution in [0.2, 0.25) is 12.1 Å². The Labute approximate surface area is 84.7 Å². The van der Waals surface area contributed by atoms with Gasteiger partial charge in [0.25, 0.3) is 0 Å². The van der Waals surface area contributed by atoms with Gasteiger partial charge in [-0.25, -0.2) is 0 Å². The minimum Gasteiger partial charge on any atom is -0.331 e. The van der Waals surface area contributed by atoms with Gasteiger partial charge in [0.05, 0.1) is 0 Å². The van der Waals surface area contributed by atoms with Crippen molar-refractivity contribution in [2.24, 2.45) is 0 Å². The van der Waals surface area contributed by atoms with Gasteiger partial charge in [-0.1, -0.05) is 39.8 Å². The van der Waals surface area contributed by atoms with E-state index in [9.17, 15) is 0 Å². The second-order valence-electron chi connectivity index (χ2n) is 3.90. The summed E-state index contributed by atoms with van der Waals surface area (Å²) in [7, 11) is -1.30. The molecule has 0 aliphatic carbocycles. The monoisotopic (exact) mass is 199 g/mol. The molecule has 0 heterocycles. The van der Waals surface area contributed by atoms with Crippen LogP contribution in [0.3, 0.4) is 0 Å². The van der Waals surface area contributed by atoms with E-state index >= 15 is 0 Å². The van der Waals surface area contributed by atoms with Crippen molar-refractivity contribution in [3.8, 4) is 0 Å². The zero-order valence-electron chi connectivity index (χ0n) is 9.69. The first-order chi connectivity index (χ1) is 6.14. The minimum atomic E-state index is -1.30. The third-order valence-electron chi connectivity index (χ3n) is 2.91. The smallest absolute Gasteiger partial charge is 0.149 e. The van der Waals surface area contributed by atoms with Crippen LogP contribution in [0.1, 0.15) is 40.5 Å². The van der Waals surface area contributed by atoms with Gasteiger partial charge in [-0.15, -0.1) is 6.58 Å². The van der Waals surface area contributed by atoms with E-state index in [0.717, 1.165) is 0 Å². The molecule has 0 aliphatic heterocycles. The molecule has 13 heavy (non-hydrogen) atoms. The van der Waals surface area contributed by atoms with E-state index in [1.54, 1.807) is 0 Å². The summed E-state index contributed by atoms with van der Waals surface area (Å²) < 4.78 is 0. The highest BCUT2D eigenvalue weighted by Crippen LogP contribution is 2.14. The van der Waals surface area contributed by atoms with Crippen LogP contribution in [-0.4, -0.2) is 14.3 Å². The highest BCUT2D eigenvalue weighted by molar-refractivity contribution is 6.82. The van der Waals surface area contributed by atoms with Crippen LogP contribution < -0.4 is 4.98 Å². The molecule has 1 N–H and O–H groups in total. The molecule has 1 nitrogen and oxygen atoms in total. The van der Waals surface area contributed by atoms with Gasteiger partial charge in [-0.05, 0) is 24.6 Å². The molecular formula is C11H25NSi. The molecule has 0 radical (unpaired) electrons. The van der Waals surface area contributed by atoms with Crippen molar-refractivity contribution < 1.29 is 0 Å². The van der Waals surface area contributed by atoms with Crippen molar-refractivity contribution in [1.82, 2.24) is 4.98 Å². The predicted molar refractivity (Wildman–Crippen MR) is 64.4 cm³/mol. The van der Waals surface area contributed by atoms with Gasteiger partial charge in [0.15, 0.2) is 0 Å². The Balaban J connectivity index is 4.15. The first kappa shape index (κ1) is 12.9. The van der Waals surface area contributed by atoms with Crippen LogP contribution in [-0.2, 0) is 0 Å². The summed E-state index contributed by atoms with van der Waals surface area (Å²) in [6.45, 7) is 13.1. The molecule has 0 rings (SSSR count). The second kappa shape index (κ2) is 6.38. The Kier molecular flexibility index (Phi) is 6.34. The van der Waals surface area contributed by atoms with Crippen LogP contribution in [0.4, 0.5) is 0 Å². The number of hydrogen-bond donors (Lipinski definition) is 1. The number of rotatable bonds is 7. The van der Waals surface area contributed by atoms with Gasteiger partial charge in [0, 0.05) is 0 Å². The zero-order chi connectivity index (χ0) is 10.3. The maximum atomic E-state index is 3.99. The van der Waals surface area contributed by atoms with E-state index in [4.69, 9.17) is 0 Å². The van der Waals surface area contributed by atoms with Crippen LogP contribution >= 0.6 is 0 Å². The Morgan fingerprint density at radius 3 is 2.15 bits per heavy atom. The fourth-order valence-corrected chi connectivity index (χ4v) is 4.53. The minimum absolute atomic E-state index is 0.662. The lowest BCUT2D eigenvalue weighted by Gasteiger charge is -2.30. The van der Waals surface area contributed by atoms with E-state index in [1.165, 1.54) is 24.9 Å². The van der Waals surface area contributed by atoms with E-state index < -0.39 is 8.24 Å². The van der Waals surface area contributed by atoms with Crippen LogP contribution in [0.5, 0.6) is 0 Å². The molecule has 0 bridgehead atoms. The van der Waals surface area contributed by atoms with E-state index in [-0.39, 0.29) is 0 Å². The third kappa shape index (κ3) is 4.10. The molecule has 0 aromatic heterocycles. The molecular weight excluding hydrogens is 174 g/mol. The first-order valence-corrected chi connectivity index (χ1v) is 8.04. The van der Waals surface area contributed by atoms with Crippen molar-refractivity contribution in [2.45, 2.75) is 58.7 Å². The molecule has 1 atom stereocenters. The summed E-state index contributed by atoms with van der Waals surface area (Å²) in [5, 5.41) is 0. The van der Waals surface area contributed by atoms with Gasteiger partial charge < -0.3 is 4.98 Å². The Bertz CT molecular complexity index is 141. The average molecular weight is 199 g/mol. The summed E-state index contributed by atoms with van der Waals surface area (Å²) in [5.74, 6) is 0. The molecule has 0 saturated carbocycles. The molecule has 0 aliphatic rings. The zero-order valence-corrected chi connectivity index (χ0v) is 10.7. The fourth-order valence-electron chi connectivity index (χ4n) is 1.80. The van der Waals surface area contributed by atoms with Crippen molar-refractivity contribution >= 4 is 8.24 Å². The van der Waals surface area contributed by atoms with Gasteiger partial charge in [-0.3, -0.25) is 0 Å². The molecule has 0 saturated heterocycles. The molecule has 0 spiro atoms. The SMILES string of the molecule is C=C[Si](CC)(CC)NC(C)CCC. The molecule has 0 amide bonds. The Morgan fingerprint density at radius 2 is 1.85 bits per heavy atom. The molecule has 0 aromatic rings. The van der Waals surface area contributed by atoms with E-state index in [1.807, 2.05) is 0 Å². The van der Waals surface area contributed by atoms with Crippen LogP contribution in [0.25, 0.3) is 0 Å². The first-order valence-electron chi connectivity index (χ1n) is 5.55. The standard InChI is InChI=1S/C11H25NSi/c1-6-10-11(5)12-13(7-2,8-3)9-4/h7,11-12H,2,6,8-10H2,1,3-5H3. The molecule has 0 aromatic carbocycles. The van der Waals surface area contributed by atoms with Gasteiger partial charge in [-0.2, -0.15) is 0 Å². The number of hydrogen-bond acceptors (Lipinski definition) is 1. The van der Waals surface area contributed by atoms with Crippen molar-refractivity contribution in [3.63, 3.8) is 0 Å². The maximum absolute atomic E-state index is 3.99. The molecule has 78 valence electrons. The van der Waals surface area contributed by atoms with Gasteiger partial charge in [0.2, 0.25) is 0 Å². The fraction of sp³-hybridized carbons (Fsp3) is 0.818. The van der Waals surface area contributed by atoms with Crippen LogP contribution in [0, 0.1) is 0 Å². The summed E-state index contributed by atoms with van der Waals surface area (Å²) in [4.78, 5) is 3.80. The topological polar surface area (TPSA) is 12.0 Å². The lowest BCUT2D eigenvalue weighted by Crippen LogP contribution is -2.51. The predicted octanol–water partition coefficient (Wildman–Crippen LogP) is 3.48. The number of nitrogens with one attached hydrogen (secondary N) is 1. The molecule has 1 unspecified atom stereocenters. The highest BCUT2D eigenvalue weighted by atomic mass is 28.3. The largest absolute Gasteiger partial charge is 0.331 e. The summed E-state index contributed by atoms with van der Waals surface area (Å²) in [6, 6.07) is 3.19. The molecule has 0 fully saturated rings. The Hall–Kier alpha value is -0.0831. The van der Waals surface area contributed by atoms with E-state index in [0.29, 0.717) is 6.04 Å². The van der Waals surface area contributed by atoms with Gasteiger partial charge in [0.1, 0.15) is 8.24 Å². The molecule has 2 heteroatoms.